The minimum atomic E-state index is -3.53. The number of esters is 1. The van der Waals surface area contributed by atoms with Crippen molar-refractivity contribution in [1.82, 2.24) is 9.29 Å². The van der Waals surface area contributed by atoms with Gasteiger partial charge in [0.05, 0.1) is 6.61 Å². The third kappa shape index (κ3) is 2.47. The number of hydrogen-bond acceptors (Lipinski definition) is 4. The molecule has 1 saturated heterocycles. The molecule has 0 atom stereocenters. The Balaban J connectivity index is 2.45. The van der Waals surface area contributed by atoms with Crippen LogP contribution in [0.15, 0.2) is 4.90 Å². The van der Waals surface area contributed by atoms with E-state index in [-0.39, 0.29) is 17.2 Å². The Labute approximate surface area is 119 Å². The van der Waals surface area contributed by atoms with E-state index in [9.17, 15) is 13.2 Å². The monoisotopic (exact) mass is 300 g/mol. The fourth-order valence-electron chi connectivity index (χ4n) is 2.58. The zero-order chi connectivity index (χ0) is 14.9. The molecule has 0 unspecified atom stereocenters. The van der Waals surface area contributed by atoms with E-state index in [1.807, 2.05) is 0 Å². The van der Waals surface area contributed by atoms with E-state index < -0.39 is 16.0 Å². The molecule has 0 spiro atoms. The van der Waals surface area contributed by atoms with Crippen LogP contribution in [0.1, 0.15) is 41.5 Å². The number of nitrogens with zero attached hydrogens (tertiary/aromatic N) is 1. The van der Waals surface area contributed by atoms with Crippen LogP contribution in [0.3, 0.4) is 0 Å². The summed E-state index contributed by atoms with van der Waals surface area (Å²) in [5, 5.41) is 0. The van der Waals surface area contributed by atoms with E-state index in [0.717, 1.165) is 12.8 Å². The summed E-state index contributed by atoms with van der Waals surface area (Å²) in [6, 6.07) is 0. The molecule has 6 nitrogen and oxygen atoms in total. The van der Waals surface area contributed by atoms with Gasteiger partial charge in [-0.25, -0.2) is 13.2 Å². The summed E-state index contributed by atoms with van der Waals surface area (Å²) in [4.78, 5) is 14.9. The summed E-state index contributed by atoms with van der Waals surface area (Å²) in [6.07, 6.45) is 1.76. The predicted octanol–water partition coefficient (Wildman–Crippen LogP) is 1.59. The lowest BCUT2D eigenvalue weighted by Crippen LogP contribution is -2.28. The Morgan fingerprint density at radius 2 is 1.90 bits per heavy atom. The molecule has 0 amide bonds. The number of aromatic amines is 1. The second kappa shape index (κ2) is 5.57. The summed E-state index contributed by atoms with van der Waals surface area (Å²) in [5.41, 5.74) is 1.15. The van der Waals surface area contributed by atoms with Gasteiger partial charge in [-0.3, -0.25) is 0 Å². The number of carbonyl (C=O) groups is 1. The molecular weight excluding hydrogens is 280 g/mol. The molecule has 0 bridgehead atoms. The Morgan fingerprint density at radius 3 is 2.45 bits per heavy atom. The third-order valence-electron chi connectivity index (χ3n) is 3.51. The molecule has 1 fully saturated rings. The molecule has 112 valence electrons. The number of H-pyrrole nitrogens is 1. The van der Waals surface area contributed by atoms with Crippen LogP contribution < -0.4 is 0 Å². The average molecular weight is 300 g/mol. The van der Waals surface area contributed by atoms with E-state index in [1.54, 1.807) is 20.8 Å². The van der Waals surface area contributed by atoms with E-state index in [4.69, 9.17) is 4.74 Å². The summed E-state index contributed by atoms with van der Waals surface area (Å²) in [5.74, 6) is -0.518. The van der Waals surface area contributed by atoms with Crippen molar-refractivity contribution in [1.29, 1.82) is 0 Å². The van der Waals surface area contributed by atoms with Crippen LogP contribution in [0.5, 0.6) is 0 Å². The summed E-state index contributed by atoms with van der Waals surface area (Å²) < 4.78 is 31.7. The summed E-state index contributed by atoms with van der Waals surface area (Å²) in [6.45, 7) is 6.36. The molecule has 0 saturated carbocycles. The number of hydrogen-bond donors (Lipinski definition) is 1. The van der Waals surface area contributed by atoms with Crippen molar-refractivity contribution in [2.75, 3.05) is 19.7 Å². The van der Waals surface area contributed by atoms with Gasteiger partial charge in [0.1, 0.15) is 10.6 Å². The topological polar surface area (TPSA) is 79.5 Å². The summed E-state index contributed by atoms with van der Waals surface area (Å²) in [7, 11) is -3.53. The smallest absolute Gasteiger partial charge is 0.355 e. The second-order valence-corrected chi connectivity index (χ2v) is 6.79. The molecule has 0 radical (unpaired) electrons. The van der Waals surface area contributed by atoms with Gasteiger partial charge in [-0.05, 0) is 33.6 Å². The predicted molar refractivity (Wildman–Crippen MR) is 74.2 cm³/mol. The first-order valence-corrected chi connectivity index (χ1v) is 8.20. The van der Waals surface area contributed by atoms with Gasteiger partial charge in [0, 0.05) is 24.3 Å². The van der Waals surface area contributed by atoms with Crippen molar-refractivity contribution >= 4 is 16.0 Å². The van der Waals surface area contributed by atoms with E-state index in [0.29, 0.717) is 24.3 Å². The lowest BCUT2D eigenvalue weighted by Gasteiger charge is -2.16. The number of aromatic nitrogens is 1. The van der Waals surface area contributed by atoms with Crippen molar-refractivity contribution in [3.8, 4) is 0 Å². The molecule has 0 aliphatic carbocycles. The van der Waals surface area contributed by atoms with Gasteiger partial charge in [-0.1, -0.05) is 0 Å². The van der Waals surface area contributed by atoms with Crippen molar-refractivity contribution in [3.05, 3.63) is 17.0 Å². The zero-order valence-corrected chi connectivity index (χ0v) is 12.8. The molecule has 20 heavy (non-hydrogen) atoms. The normalized spacial score (nSPS) is 16.6. The van der Waals surface area contributed by atoms with E-state index >= 15 is 0 Å². The fourth-order valence-corrected chi connectivity index (χ4v) is 4.51. The van der Waals surface area contributed by atoms with Crippen LogP contribution in [-0.2, 0) is 14.8 Å². The first-order chi connectivity index (χ1) is 9.39. The Hall–Kier alpha value is -1.34. The van der Waals surface area contributed by atoms with Crippen LogP contribution in [0, 0.1) is 13.8 Å². The first-order valence-electron chi connectivity index (χ1n) is 6.76. The number of carbonyl (C=O) groups excluding carboxylic acids is 1. The van der Waals surface area contributed by atoms with Gasteiger partial charge in [0.2, 0.25) is 10.0 Å². The van der Waals surface area contributed by atoms with Crippen LogP contribution in [0.25, 0.3) is 0 Å². The highest BCUT2D eigenvalue weighted by Crippen LogP contribution is 2.28. The maximum atomic E-state index is 12.6. The minimum absolute atomic E-state index is 0.211. The molecule has 7 heteroatoms. The first kappa shape index (κ1) is 15.1. The maximum absolute atomic E-state index is 12.6. The van der Waals surface area contributed by atoms with Crippen LogP contribution in [0.4, 0.5) is 0 Å². The number of sulfonamides is 1. The lowest BCUT2D eigenvalue weighted by atomic mass is 10.2. The van der Waals surface area contributed by atoms with Crippen molar-refractivity contribution in [3.63, 3.8) is 0 Å². The number of rotatable bonds is 4. The highest BCUT2D eigenvalue weighted by Gasteiger charge is 2.33. The van der Waals surface area contributed by atoms with Crippen LogP contribution in [-0.4, -0.2) is 43.4 Å². The SMILES string of the molecule is CCOC(=O)c1[nH]c(C)c(S(=O)(=O)N2CCCC2)c1C. The van der Waals surface area contributed by atoms with Crippen LogP contribution >= 0.6 is 0 Å². The average Bonchev–Trinajstić information content (AvgIpc) is 2.98. The van der Waals surface area contributed by atoms with Crippen molar-refractivity contribution < 1.29 is 17.9 Å². The quantitative estimate of drug-likeness (QED) is 0.856. The molecule has 0 aromatic carbocycles. The van der Waals surface area contributed by atoms with Gasteiger partial charge in [-0.15, -0.1) is 0 Å². The Kier molecular flexibility index (Phi) is 4.19. The molecule has 1 aromatic rings. The Bertz CT molecular complexity index is 613. The van der Waals surface area contributed by atoms with Gasteiger partial charge in [0.25, 0.3) is 0 Å². The highest BCUT2D eigenvalue weighted by atomic mass is 32.2. The van der Waals surface area contributed by atoms with Crippen molar-refractivity contribution in [2.45, 2.75) is 38.5 Å². The largest absolute Gasteiger partial charge is 0.461 e. The third-order valence-corrected chi connectivity index (χ3v) is 5.68. The second-order valence-electron chi connectivity index (χ2n) is 4.91. The Morgan fingerprint density at radius 1 is 1.30 bits per heavy atom. The van der Waals surface area contributed by atoms with Crippen LogP contribution in [0.2, 0.25) is 0 Å². The molecular formula is C13H20N2O4S. The van der Waals surface area contributed by atoms with E-state index in [1.165, 1.54) is 4.31 Å². The molecule has 2 heterocycles. The fraction of sp³-hybridized carbons (Fsp3) is 0.615. The molecule has 1 N–H and O–H groups in total. The van der Waals surface area contributed by atoms with Crippen molar-refractivity contribution in [2.24, 2.45) is 0 Å². The molecule has 1 aliphatic heterocycles. The molecule has 1 aromatic heterocycles. The van der Waals surface area contributed by atoms with Gasteiger partial charge < -0.3 is 9.72 Å². The van der Waals surface area contributed by atoms with Gasteiger partial charge >= 0.3 is 5.97 Å². The standard InChI is InChI=1S/C13H20N2O4S/c1-4-19-13(16)11-9(2)12(10(3)14-11)20(17,18)15-7-5-6-8-15/h14H,4-8H2,1-3H3. The molecule has 1 aliphatic rings. The van der Waals surface area contributed by atoms with E-state index in [2.05, 4.69) is 4.98 Å². The van der Waals surface area contributed by atoms with Gasteiger partial charge in [-0.2, -0.15) is 4.31 Å². The number of nitrogens with one attached hydrogen (secondary N) is 1. The number of ether oxygens (including phenoxy) is 1. The number of aryl methyl sites for hydroxylation is 1. The zero-order valence-electron chi connectivity index (χ0n) is 12.0. The maximum Gasteiger partial charge on any atom is 0.355 e. The minimum Gasteiger partial charge on any atom is -0.461 e. The van der Waals surface area contributed by atoms with Gasteiger partial charge in [0.15, 0.2) is 0 Å². The lowest BCUT2D eigenvalue weighted by molar-refractivity contribution is 0.0519. The summed E-state index contributed by atoms with van der Waals surface area (Å²) >= 11 is 0. The highest BCUT2D eigenvalue weighted by molar-refractivity contribution is 7.89. The molecule has 2 rings (SSSR count).